The molecule has 0 unspecified atom stereocenters. The second-order valence-corrected chi connectivity index (χ2v) is 7.60. The largest absolute Gasteiger partial charge is 0.383 e. The van der Waals surface area contributed by atoms with Gasteiger partial charge in [-0.15, -0.1) is 0 Å². The minimum absolute atomic E-state index is 0.141. The molecule has 1 heterocycles. The second kappa shape index (κ2) is 9.32. The van der Waals surface area contributed by atoms with Gasteiger partial charge in [0.15, 0.2) is 5.82 Å². The number of benzene rings is 2. The first-order valence-electron chi connectivity index (χ1n) is 8.18. The zero-order valence-electron chi connectivity index (χ0n) is 15.0. The quantitative estimate of drug-likeness (QED) is 0.204. The Morgan fingerprint density at radius 1 is 1.17 bits per heavy atom. The Labute approximate surface area is 185 Å². The molecule has 30 heavy (non-hydrogen) atoms. The Kier molecular flexibility index (Phi) is 6.80. The van der Waals surface area contributed by atoms with E-state index in [1.807, 2.05) is 0 Å². The molecule has 2 aromatic carbocycles. The third-order valence-corrected chi connectivity index (χ3v) is 5.37. The smallest absolute Gasteiger partial charge is 0.168 e. The molecule has 0 aliphatic rings. The normalized spacial score (nSPS) is 10.3. The van der Waals surface area contributed by atoms with Crippen molar-refractivity contribution in [3.63, 3.8) is 0 Å². The molecule has 0 saturated heterocycles. The van der Waals surface area contributed by atoms with Crippen LogP contribution in [0.2, 0.25) is 10.0 Å². The number of nitrogens with two attached hydrogens (primary N) is 1. The standard InChI is InChI=1S/C20H12Cl2F2N4OS/c21-13-2-4-15(22)18(8-13)30-28(29)17-6-5-16(23)14(19(17)24)3-1-11-7-12(9-25)20(26)27-10-11/h2,4-10,25,29H,(H2,26,27). The molecule has 0 saturated carbocycles. The Balaban J connectivity index is 1.94. The Hall–Kier alpha value is -2.83. The van der Waals surface area contributed by atoms with Crippen molar-refractivity contribution < 1.29 is 14.0 Å². The highest BCUT2D eigenvalue weighted by Gasteiger charge is 2.18. The molecule has 3 aromatic rings. The van der Waals surface area contributed by atoms with Gasteiger partial charge in [0.1, 0.15) is 17.3 Å². The number of aromatic nitrogens is 1. The molecule has 5 nitrogen and oxygen atoms in total. The van der Waals surface area contributed by atoms with E-state index in [0.717, 1.165) is 18.3 Å². The van der Waals surface area contributed by atoms with E-state index >= 15 is 0 Å². The number of nitrogens with zero attached hydrogens (tertiary/aromatic N) is 2. The summed E-state index contributed by atoms with van der Waals surface area (Å²) in [5, 5.41) is 18.3. The van der Waals surface area contributed by atoms with Crippen LogP contribution in [0.5, 0.6) is 0 Å². The summed E-state index contributed by atoms with van der Waals surface area (Å²) in [4.78, 5) is 4.25. The van der Waals surface area contributed by atoms with Crippen molar-refractivity contribution in [2.75, 3.05) is 10.2 Å². The van der Waals surface area contributed by atoms with Gasteiger partial charge in [0.05, 0.1) is 15.5 Å². The minimum atomic E-state index is -1.06. The maximum atomic E-state index is 14.9. The molecule has 0 fully saturated rings. The van der Waals surface area contributed by atoms with Crippen molar-refractivity contribution in [2.45, 2.75) is 4.90 Å². The number of nitrogens with one attached hydrogen (secondary N) is 1. The van der Waals surface area contributed by atoms with Crippen LogP contribution in [0.15, 0.2) is 47.5 Å². The van der Waals surface area contributed by atoms with Crippen LogP contribution < -0.4 is 10.2 Å². The zero-order chi connectivity index (χ0) is 21.8. The van der Waals surface area contributed by atoms with E-state index in [9.17, 15) is 14.0 Å². The summed E-state index contributed by atoms with van der Waals surface area (Å²) < 4.78 is 29.6. The van der Waals surface area contributed by atoms with Crippen LogP contribution in [0.3, 0.4) is 0 Å². The van der Waals surface area contributed by atoms with Gasteiger partial charge in [-0.1, -0.05) is 35.0 Å². The molecule has 10 heteroatoms. The van der Waals surface area contributed by atoms with Gasteiger partial charge >= 0.3 is 0 Å². The first-order chi connectivity index (χ1) is 14.3. The lowest BCUT2D eigenvalue weighted by atomic mass is 10.1. The Bertz CT molecular complexity index is 1200. The lowest BCUT2D eigenvalue weighted by Gasteiger charge is -2.17. The summed E-state index contributed by atoms with van der Waals surface area (Å²) in [7, 11) is 0. The molecule has 0 atom stereocenters. The summed E-state index contributed by atoms with van der Waals surface area (Å²) in [6, 6.07) is 8.11. The summed E-state index contributed by atoms with van der Waals surface area (Å²) >= 11 is 12.7. The van der Waals surface area contributed by atoms with Gasteiger partial charge in [0.2, 0.25) is 0 Å². The number of anilines is 2. The molecule has 0 amide bonds. The molecule has 4 N–H and O–H groups in total. The fourth-order valence-corrected chi connectivity index (χ4v) is 3.52. The van der Waals surface area contributed by atoms with Gasteiger partial charge in [0.25, 0.3) is 0 Å². The second-order valence-electron chi connectivity index (χ2n) is 5.79. The maximum Gasteiger partial charge on any atom is 0.168 e. The van der Waals surface area contributed by atoms with Gasteiger partial charge in [-0.05, 0) is 36.4 Å². The van der Waals surface area contributed by atoms with Gasteiger partial charge in [-0.2, -0.15) is 4.47 Å². The number of hydrogen-bond donors (Lipinski definition) is 3. The van der Waals surface area contributed by atoms with Crippen molar-refractivity contribution in [3.8, 4) is 11.8 Å². The van der Waals surface area contributed by atoms with Crippen LogP contribution in [0.1, 0.15) is 16.7 Å². The van der Waals surface area contributed by atoms with E-state index in [1.54, 1.807) is 6.07 Å². The predicted molar refractivity (Wildman–Crippen MR) is 115 cm³/mol. The maximum absolute atomic E-state index is 14.9. The highest BCUT2D eigenvalue weighted by molar-refractivity contribution is 8.00. The molecule has 0 aliphatic carbocycles. The van der Waals surface area contributed by atoms with E-state index in [2.05, 4.69) is 16.8 Å². The third kappa shape index (κ3) is 4.83. The van der Waals surface area contributed by atoms with E-state index in [4.69, 9.17) is 34.3 Å². The first kappa shape index (κ1) is 21.9. The van der Waals surface area contributed by atoms with Crippen LogP contribution in [0, 0.1) is 28.9 Å². The number of hydrogen-bond acceptors (Lipinski definition) is 6. The highest BCUT2D eigenvalue weighted by atomic mass is 35.5. The molecule has 0 aliphatic heterocycles. The van der Waals surface area contributed by atoms with Crippen molar-refractivity contribution in [3.05, 3.63) is 81.0 Å². The fraction of sp³-hybridized carbons (Fsp3) is 0. The monoisotopic (exact) mass is 464 g/mol. The number of nitrogen functional groups attached to an aromatic ring is 1. The zero-order valence-corrected chi connectivity index (χ0v) is 17.3. The van der Waals surface area contributed by atoms with Crippen LogP contribution in [0.4, 0.5) is 20.3 Å². The topological polar surface area (TPSA) is 86.2 Å². The summed E-state index contributed by atoms with van der Waals surface area (Å²) in [6.07, 6.45) is 2.32. The fourth-order valence-electron chi connectivity index (χ4n) is 2.30. The van der Waals surface area contributed by atoms with Crippen molar-refractivity contribution in [1.82, 2.24) is 4.98 Å². The van der Waals surface area contributed by atoms with Crippen LogP contribution in [-0.4, -0.2) is 16.4 Å². The van der Waals surface area contributed by atoms with Gasteiger partial charge < -0.3 is 11.1 Å². The van der Waals surface area contributed by atoms with E-state index in [0.29, 0.717) is 42.5 Å². The lowest BCUT2D eigenvalue weighted by Crippen LogP contribution is -2.11. The van der Waals surface area contributed by atoms with Crippen molar-refractivity contribution in [2.24, 2.45) is 0 Å². The molecular formula is C20H12Cl2F2N4OS. The van der Waals surface area contributed by atoms with Gasteiger partial charge in [-0.3, -0.25) is 5.21 Å². The number of pyridine rings is 1. The SMILES string of the molecule is N=Cc1cc(C#Cc2c(F)ccc(N(O)Sc3cc(Cl)ccc3Cl)c2F)cnc1N. The molecule has 3 rings (SSSR count). The van der Waals surface area contributed by atoms with Gasteiger partial charge in [-0.25, -0.2) is 13.8 Å². The average molecular weight is 465 g/mol. The van der Waals surface area contributed by atoms with Crippen LogP contribution in [0.25, 0.3) is 0 Å². The number of halogens is 4. The van der Waals surface area contributed by atoms with Crippen molar-refractivity contribution in [1.29, 1.82) is 5.41 Å². The lowest BCUT2D eigenvalue weighted by molar-refractivity contribution is 0.327. The van der Waals surface area contributed by atoms with E-state index in [-0.39, 0.29) is 11.5 Å². The first-order valence-corrected chi connectivity index (χ1v) is 9.71. The summed E-state index contributed by atoms with van der Waals surface area (Å²) in [5.41, 5.74) is 5.38. The molecule has 0 bridgehead atoms. The van der Waals surface area contributed by atoms with Crippen molar-refractivity contribution >= 4 is 52.9 Å². The number of rotatable bonds is 4. The van der Waals surface area contributed by atoms with E-state index in [1.165, 1.54) is 24.4 Å². The third-order valence-electron chi connectivity index (χ3n) is 3.79. The average Bonchev–Trinajstić information content (AvgIpc) is 2.71. The Morgan fingerprint density at radius 2 is 1.93 bits per heavy atom. The molecule has 0 radical (unpaired) electrons. The molecule has 1 aromatic heterocycles. The summed E-state index contributed by atoms with van der Waals surface area (Å²) in [5.74, 6) is 3.15. The van der Waals surface area contributed by atoms with E-state index < -0.39 is 17.2 Å². The molecule has 152 valence electrons. The predicted octanol–water partition coefficient (Wildman–Crippen LogP) is 5.55. The molecule has 0 spiro atoms. The Morgan fingerprint density at radius 3 is 2.67 bits per heavy atom. The van der Waals surface area contributed by atoms with Crippen LogP contribution in [-0.2, 0) is 0 Å². The minimum Gasteiger partial charge on any atom is -0.383 e. The van der Waals surface area contributed by atoms with Gasteiger partial charge in [0, 0.05) is 40.5 Å². The summed E-state index contributed by atoms with van der Waals surface area (Å²) in [6.45, 7) is 0. The highest BCUT2D eigenvalue weighted by Crippen LogP contribution is 2.35. The van der Waals surface area contributed by atoms with Crippen LogP contribution >= 0.6 is 35.1 Å². The molecular weight excluding hydrogens is 453 g/mol.